The molecule has 1 aromatic carbocycles. The largest absolute Gasteiger partial charge is 0.457 e. The van der Waals surface area contributed by atoms with Crippen molar-refractivity contribution in [2.45, 2.75) is 19.6 Å². The van der Waals surface area contributed by atoms with Crippen LogP contribution >= 0.6 is 0 Å². The van der Waals surface area contributed by atoms with Crippen LogP contribution in [0.5, 0.6) is 11.5 Å². The minimum atomic E-state index is -4.40. The summed E-state index contributed by atoms with van der Waals surface area (Å²) in [5.41, 5.74) is 6.13. The van der Waals surface area contributed by atoms with E-state index in [0.29, 0.717) is 17.0 Å². The van der Waals surface area contributed by atoms with Gasteiger partial charge in [0.25, 0.3) is 0 Å². The van der Waals surface area contributed by atoms with Gasteiger partial charge in [-0.15, -0.1) is 0 Å². The highest BCUT2D eigenvalue weighted by Crippen LogP contribution is 2.33. The maximum absolute atomic E-state index is 12.6. The maximum Gasteiger partial charge on any atom is 0.416 e. The van der Waals surface area contributed by atoms with Crippen molar-refractivity contribution in [3.05, 3.63) is 53.3 Å². The molecule has 20 heavy (non-hydrogen) atoms. The quantitative estimate of drug-likeness (QED) is 0.934. The number of hydrogen-bond donors (Lipinski definition) is 1. The molecule has 0 atom stereocenters. The van der Waals surface area contributed by atoms with Gasteiger partial charge in [0.15, 0.2) is 0 Å². The van der Waals surface area contributed by atoms with Gasteiger partial charge in [-0.3, -0.25) is 4.98 Å². The predicted octanol–water partition coefficient (Wildman–Crippen LogP) is 3.66. The van der Waals surface area contributed by atoms with Gasteiger partial charge in [-0.2, -0.15) is 13.2 Å². The molecular formula is C14H13F3N2O. The number of nitrogens with two attached hydrogens (primary N) is 1. The first-order chi connectivity index (χ1) is 9.40. The van der Waals surface area contributed by atoms with Gasteiger partial charge in [-0.1, -0.05) is 6.07 Å². The number of aryl methyl sites for hydroxylation is 1. The van der Waals surface area contributed by atoms with Gasteiger partial charge < -0.3 is 10.5 Å². The third kappa shape index (κ3) is 3.27. The van der Waals surface area contributed by atoms with Crippen LogP contribution in [0.25, 0.3) is 0 Å². The summed E-state index contributed by atoms with van der Waals surface area (Å²) in [5, 5.41) is 0. The van der Waals surface area contributed by atoms with E-state index in [-0.39, 0.29) is 12.3 Å². The molecule has 0 aliphatic heterocycles. The fourth-order valence-corrected chi connectivity index (χ4v) is 1.67. The van der Waals surface area contributed by atoms with E-state index in [9.17, 15) is 13.2 Å². The first-order valence-electron chi connectivity index (χ1n) is 5.91. The number of aromatic nitrogens is 1. The number of benzene rings is 1. The summed E-state index contributed by atoms with van der Waals surface area (Å²) in [4.78, 5) is 4.07. The SMILES string of the molecule is Cc1cc(Oc2cccc(C(F)(F)F)c2)c(CN)cn1. The number of nitrogens with zero attached hydrogens (tertiary/aromatic N) is 1. The number of pyridine rings is 1. The molecule has 0 aliphatic rings. The van der Waals surface area contributed by atoms with Crippen molar-refractivity contribution >= 4 is 0 Å². The van der Waals surface area contributed by atoms with Gasteiger partial charge in [0.05, 0.1) is 5.56 Å². The minimum Gasteiger partial charge on any atom is -0.457 e. The summed E-state index contributed by atoms with van der Waals surface area (Å²) in [6.45, 7) is 1.96. The van der Waals surface area contributed by atoms with E-state index in [4.69, 9.17) is 10.5 Å². The van der Waals surface area contributed by atoms with E-state index < -0.39 is 11.7 Å². The second kappa shape index (κ2) is 5.50. The van der Waals surface area contributed by atoms with Crippen molar-refractivity contribution in [1.29, 1.82) is 0 Å². The lowest BCUT2D eigenvalue weighted by Crippen LogP contribution is -2.05. The normalized spacial score (nSPS) is 11.4. The van der Waals surface area contributed by atoms with Crippen molar-refractivity contribution in [3.63, 3.8) is 0 Å². The van der Waals surface area contributed by atoms with Crippen LogP contribution in [0.15, 0.2) is 36.5 Å². The number of ether oxygens (including phenoxy) is 1. The molecule has 6 heteroatoms. The van der Waals surface area contributed by atoms with Gasteiger partial charge in [-0.25, -0.2) is 0 Å². The van der Waals surface area contributed by atoms with E-state index >= 15 is 0 Å². The first kappa shape index (κ1) is 14.3. The molecule has 2 rings (SSSR count). The highest BCUT2D eigenvalue weighted by atomic mass is 19.4. The molecular weight excluding hydrogens is 269 g/mol. The lowest BCUT2D eigenvalue weighted by Gasteiger charge is -2.12. The van der Waals surface area contributed by atoms with Crippen molar-refractivity contribution in [3.8, 4) is 11.5 Å². The van der Waals surface area contributed by atoms with Crippen LogP contribution < -0.4 is 10.5 Å². The molecule has 106 valence electrons. The lowest BCUT2D eigenvalue weighted by atomic mass is 10.2. The topological polar surface area (TPSA) is 48.1 Å². The summed E-state index contributed by atoms with van der Waals surface area (Å²) in [7, 11) is 0. The van der Waals surface area contributed by atoms with Crippen LogP contribution in [0, 0.1) is 6.92 Å². The van der Waals surface area contributed by atoms with E-state index in [1.54, 1.807) is 19.2 Å². The second-order valence-corrected chi connectivity index (χ2v) is 4.27. The van der Waals surface area contributed by atoms with Crippen LogP contribution in [0.2, 0.25) is 0 Å². The molecule has 0 bridgehead atoms. The zero-order valence-corrected chi connectivity index (χ0v) is 10.7. The van der Waals surface area contributed by atoms with Gasteiger partial charge >= 0.3 is 6.18 Å². The van der Waals surface area contributed by atoms with Gasteiger partial charge in [0.1, 0.15) is 11.5 Å². The van der Waals surface area contributed by atoms with Crippen LogP contribution in [0.1, 0.15) is 16.8 Å². The molecule has 0 amide bonds. The highest BCUT2D eigenvalue weighted by molar-refractivity contribution is 5.39. The van der Waals surface area contributed by atoms with E-state index in [1.807, 2.05) is 0 Å². The molecule has 0 aliphatic carbocycles. The Morgan fingerprint density at radius 1 is 1.25 bits per heavy atom. The lowest BCUT2D eigenvalue weighted by molar-refractivity contribution is -0.137. The van der Waals surface area contributed by atoms with E-state index in [0.717, 1.165) is 12.1 Å². The Morgan fingerprint density at radius 3 is 2.65 bits per heavy atom. The third-order valence-corrected chi connectivity index (χ3v) is 2.69. The van der Waals surface area contributed by atoms with E-state index in [1.165, 1.54) is 12.1 Å². The Hall–Kier alpha value is -2.08. The monoisotopic (exact) mass is 282 g/mol. The molecule has 2 N–H and O–H groups in total. The number of hydrogen-bond acceptors (Lipinski definition) is 3. The Bertz CT molecular complexity index is 612. The molecule has 0 fully saturated rings. The zero-order valence-electron chi connectivity index (χ0n) is 10.7. The number of rotatable bonds is 3. The average molecular weight is 282 g/mol. The maximum atomic E-state index is 12.6. The summed E-state index contributed by atoms with van der Waals surface area (Å²) in [6.07, 6.45) is -2.84. The smallest absolute Gasteiger partial charge is 0.416 e. The summed E-state index contributed by atoms with van der Waals surface area (Å²) < 4.78 is 43.4. The Labute approximate surface area is 114 Å². The molecule has 1 aromatic heterocycles. The number of halogens is 3. The van der Waals surface area contributed by atoms with E-state index in [2.05, 4.69) is 4.98 Å². The zero-order chi connectivity index (χ0) is 14.8. The molecule has 2 aromatic rings. The molecule has 0 spiro atoms. The molecule has 0 saturated carbocycles. The summed E-state index contributed by atoms with van der Waals surface area (Å²) in [6, 6.07) is 6.35. The Morgan fingerprint density at radius 2 is 2.00 bits per heavy atom. The van der Waals surface area contributed by atoms with Crippen molar-refractivity contribution in [1.82, 2.24) is 4.98 Å². The molecule has 1 heterocycles. The molecule has 0 saturated heterocycles. The molecule has 0 unspecified atom stereocenters. The standard InChI is InChI=1S/C14H13F3N2O/c1-9-5-13(10(7-18)8-19-9)20-12-4-2-3-11(6-12)14(15,16)17/h2-6,8H,7,18H2,1H3. The Kier molecular flexibility index (Phi) is 3.94. The second-order valence-electron chi connectivity index (χ2n) is 4.27. The summed E-state index contributed by atoms with van der Waals surface area (Å²) >= 11 is 0. The van der Waals surface area contributed by atoms with Crippen molar-refractivity contribution in [2.24, 2.45) is 5.73 Å². The van der Waals surface area contributed by atoms with Gasteiger partial charge in [-0.05, 0) is 25.1 Å². The van der Waals surface area contributed by atoms with Crippen LogP contribution in [0.3, 0.4) is 0 Å². The fraction of sp³-hybridized carbons (Fsp3) is 0.214. The van der Waals surface area contributed by atoms with Crippen LogP contribution in [-0.2, 0) is 12.7 Å². The average Bonchev–Trinajstić information content (AvgIpc) is 2.38. The Balaban J connectivity index is 2.33. The van der Waals surface area contributed by atoms with Crippen molar-refractivity contribution < 1.29 is 17.9 Å². The highest BCUT2D eigenvalue weighted by Gasteiger charge is 2.30. The van der Waals surface area contributed by atoms with Crippen LogP contribution in [0.4, 0.5) is 13.2 Å². The molecule has 3 nitrogen and oxygen atoms in total. The third-order valence-electron chi connectivity index (χ3n) is 2.69. The number of alkyl halides is 3. The predicted molar refractivity (Wildman–Crippen MR) is 68.4 cm³/mol. The fourth-order valence-electron chi connectivity index (χ4n) is 1.67. The van der Waals surface area contributed by atoms with Gasteiger partial charge in [0, 0.05) is 30.1 Å². The molecule has 0 radical (unpaired) electrons. The first-order valence-corrected chi connectivity index (χ1v) is 5.91. The minimum absolute atomic E-state index is 0.111. The summed E-state index contributed by atoms with van der Waals surface area (Å²) in [5.74, 6) is 0.527. The van der Waals surface area contributed by atoms with Gasteiger partial charge in [0.2, 0.25) is 0 Å². The van der Waals surface area contributed by atoms with Crippen LogP contribution in [-0.4, -0.2) is 4.98 Å². The van der Waals surface area contributed by atoms with Crippen molar-refractivity contribution in [2.75, 3.05) is 0 Å².